The molecule has 0 saturated heterocycles. The maximum Gasteiger partial charge on any atom is 0.306 e. The normalized spacial score (nSPS) is 13.2. The van der Waals surface area contributed by atoms with Crippen molar-refractivity contribution in [3.05, 3.63) is 170 Å². The van der Waals surface area contributed by atoms with E-state index < -0.39 is 6.10 Å². The summed E-state index contributed by atoms with van der Waals surface area (Å²) >= 11 is 0. The van der Waals surface area contributed by atoms with E-state index in [1.807, 2.05) is 0 Å². The number of rotatable bonds is 59. The summed E-state index contributed by atoms with van der Waals surface area (Å²) < 4.78 is 16.9. The molecule has 0 spiro atoms. The van der Waals surface area contributed by atoms with Crippen molar-refractivity contribution in [1.82, 2.24) is 0 Å². The van der Waals surface area contributed by atoms with Gasteiger partial charge in [-0.25, -0.2) is 0 Å². The fourth-order valence-electron chi connectivity index (χ4n) is 8.79. The predicted molar refractivity (Wildman–Crippen MR) is 361 cm³/mol. The highest BCUT2D eigenvalue weighted by atomic mass is 16.6. The molecule has 6 heteroatoms. The van der Waals surface area contributed by atoms with E-state index in [0.29, 0.717) is 19.3 Å². The molecule has 0 aliphatic rings. The van der Waals surface area contributed by atoms with Crippen molar-refractivity contribution in [3.63, 3.8) is 0 Å². The van der Waals surface area contributed by atoms with Gasteiger partial charge in [0.15, 0.2) is 6.10 Å². The van der Waals surface area contributed by atoms with E-state index in [1.165, 1.54) is 89.9 Å². The van der Waals surface area contributed by atoms with Gasteiger partial charge in [0, 0.05) is 19.3 Å². The van der Waals surface area contributed by atoms with Crippen molar-refractivity contribution in [2.24, 2.45) is 0 Å². The highest BCUT2D eigenvalue weighted by Gasteiger charge is 2.19. The maximum atomic E-state index is 12.9. The minimum Gasteiger partial charge on any atom is -0.462 e. The van der Waals surface area contributed by atoms with Crippen LogP contribution in [0, 0.1) is 0 Å². The van der Waals surface area contributed by atoms with Gasteiger partial charge >= 0.3 is 17.9 Å². The molecule has 0 radical (unpaired) electrons. The van der Waals surface area contributed by atoms with Gasteiger partial charge in [-0.1, -0.05) is 287 Å². The zero-order valence-electron chi connectivity index (χ0n) is 53.4. The molecule has 6 nitrogen and oxygen atoms in total. The number of allylic oxidation sites excluding steroid dienone is 28. The molecule has 83 heavy (non-hydrogen) atoms. The van der Waals surface area contributed by atoms with Crippen molar-refractivity contribution >= 4 is 17.9 Å². The first-order valence-corrected chi connectivity index (χ1v) is 33.6. The number of carbonyl (C=O) groups is 3. The average Bonchev–Trinajstić information content (AvgIpc) is 3.49. The standard InChI is InChI=1S/C77H122O6/c1-4-7-10-13-16-19-22-25-27-29-31-33-35-36-37-38-39-40-42-43-45-47-49-52-55-58-61-64-67-70-76(79)82-73-74(72-81-75(78)69-66-63-60-57-54-51-24-21-18-15-12-9-6-3)83-77(80)71-68-65-62-59-56-53-50-48-46-44-41-34-32-30-28-26-23-20-17-14-11-8-5-2/h7-12,16-21,25-28,31-34,44,46,50-51,53-54,59,62,74H,4-6,13-15,22-24,29-30,35-43,45,47-49,52,55-58,60-61,63-73H2,1-3H3/b10-7-,11-8-,12-9-,19-16-,20-17-,21-18-,27-25-,28-26-,33-31-,34-32-,46-44-,53-50-,54-51-,62-59-. The van der Waals surface area contributed by atoms with Crippen LogP contribution in [0.2, 0.25) is 0 Å². The van der Waals surface area contributed by atoms with E-state index in [1.54, 1.807) is 0 Å². The summed E-state index contributed by atoms with van der Waals surface area (Å²) in [5.74, 6) is -1.01. The molecule has 0 aliphatic carbocycles. The Hall–Kier alpha value is -5.23. The Labute approximate surface area is 511 Å². The van der Waals surface area contributed by atoms with Crippen LogP contribution >= 0.6 is 0 Å². The fraction of sp³-hybridized carbons (Fsp3) is 0.597. The van der Waals surface area contributed by atoms with Crippen LogP contribution in [-0.2, 0) is 28.6 Å². The Morgan fingerprint density at radius 2 is 0.446 bits per heavy atom. The molecule has 0 aromatic rings. The van der Waals surface area contributed by atoms with Crippen molar-refractivity contribution in [2.75, 3.05) is 13.2 Å². The lowest BCUT2D eigenvalue weighted by atomic mass is 10.0. The summed E-state index contributed by atoms with van der Waals surface area (Å²) in [5.41, 5.74) is 0. The Morgan fingerprint density at radius 3 is 0.723 bits per heavy atom. The molecule has 0 rings (SSSR count). The van der Waals surface area contributed by atoms with E-state index >= 15 is 0 Å². The number of carbonyl (C=O) groups excluding carboxylic acids is 3. The molecule has 1 unspecified atom stereocenters. The topological polar surface area (TPSA) is 78.9 Å². The van der Waals surface area contributed by atoms with E-state index in [2.05, 4.69) is 191 Å². The number of ether oxygens (including phenoxy) is 3. The van der Waals surface area contributed by atoms with Gasteiger partial charge < -0.3 is 14.2 Å². The van der Waals surface area contributed by atoms with Gasteiger partial charge in [-0.15, -0.1) is 0 Å². The second kappa shape index (κ2) is 69.3. The molecule has 0 bridgehead atoms. The summed E-state index contributed by atoms with van der Waals surface area (Å²) in [5, 5.41) is 0. The van der Waals surface area contributed by atoms with E-state index in [4.69, 9.17) is 14.2 Å². The zero-order valence-corrected chi connectivity index (χ0v) is 53.4. The minimum absolute atomic E-state index is 0.117. The Morgan fingerprint density at radius 1 is 0.241 bits per heavy atom. The molecule has 466 valence electrons. The molecule has 1 atom stereocenters. The average molecular weight is 1140 g/mol. The first kappa shape index (κ1) is 77.8. The Balaban J connectivity index is 4.39. The zero-order chi connectivity index (χ0) is 59.9. The summed E-state index contributed by atoms with van der Waals surface area (Å²) in [6.45, 7) is 6.23. The quantitative estimate of drug-likeness (QED) is 0.0261. The summed E-state index contributed by atoms with van der Waals surface area (Å²) in [6.07, 6.45) is 102. The maximum absolute atomic E-state index is 12.9. The highest BCUT2D eigenvalue weighted by molar-refractivity contribution is 5.71. The third-order valence-electron chi connectivity index (χ3n) is 13.7. The molecule has 0 aliphatic heterocycles. The third kappa shape index (κ3) is 67.4. The highest BCUT2D eigenvalue weighted by Crippen LogP contribution is 2.16. The molecular formula is C77H122O6. The van der Waals surface area contributed by atoms with Crippen LogP contribution in [-0.4, -0.2) is 37.2 Å². The first-order chi connectivity index (χ1) is 41.0. The predicted octanol–water partition coefficient (Wildman–Crippen LogP) is 23.4. The largest absolute Gasteiger partial charge is 0.462 e. The number of unbranched alkanes of at least 4 members (excludes halogenated alkanes) is 20. The smallest absolute Gasteiger partial charge is 0.306 e. The van der Waals surface area contributed by atoms with Crippen LogP contribution < -0.4 is 0 Å². The molecule has 0 saturated carbocycles. The second-order valence-corrected chi connectivity index (χ2v) is 21.6. The molecule has 0 aromatic heterocycles. The molecule has 0 fully saturated rings. The van der Waals surface area contributed by atoms with Gasteiger partial charge in [-0.05, 0) is 141 Å². The first-order valence-electron chi connectivity index (χ1n) is 33.6. The molecule has 0 heterocycles. The van der Waals surface area contributed by atoms with Crippen LogP contribution in [0.1, 0.15) is 278 Å². The molecule has 0 N–H and O–H groups in total. The van der Waals surface area contributed by atoms with Gasteiger partial charge in [0.1, 0.15) is 13.2 Å². The lowest BCUT2D eigenvalue weighted by Gasteiger charge is -2.18. The van der Waals surface area contributed by atoms with Crippen molar-refractivity contribution < 1.29 is 28.6 Å². The van der Waals surface area contributed by atoms with Crippen molar-refractivity contribution in [1.29, 1.82) is 0 Å². The molecule has 0 amide bonds. The lowest BCUT2D eigenvalue weighted by molar-refractivity contribution is -0.167. The van der Waals surface area contributed by atoms with E-state index in [9.17, 15) is 14.4 Å². The van der Waals surface area contributed by atoms with Gasteiger partial charge in [0.05, 0.1) is 0 Å². The van der Waals surface area contributed by atoms with Gasteiger partial charge in [-0.3, -0.25) is 14.4 Å². The van der Waals surface area contributed by atoms with E-state index in [-0.39, 0.29) is 37.5 Å². The number of hydrogen-bond donors (Lipinski definition) is 0. The summed E-state index contributed by atoms with van der Waals surface area (Å²) in [4.78, 5) is 38.3. The van der Waals surface area contributed by atoms with Crippen LogP contribution in [0.4, 0.5) is 0 Å². The number of hydrogen-bond acceptors (Lipinski definition) is 6. The van der Waals surface area contributed by atoms with Gasteiger partial charge in [0.2, 0.25) is 0 Å². The summed E-state index contributed by atoms with van der Waals surface area (Å²) in [7, 11) is 0. The lowest BCUT2D eigenvalue weighted by Crippen LogP contribution is -2.30. The van der Waals surface area contributed by atoms with Gasteiger partial charge in [-0.2, -0.15) is 0 Å². The van der Waals surface area contributed by atoms with E-state index in [0.717, 1.165) is 141 Å². The second-order valence-electron chi connectivity index (χ2n) is 21.6. The van der Waals surface area contributed by atoms with Crippen LogP contribution in [0.3, 0.4) is 0 Å². The fourth-order valence-corrected chi connectivity index (χ4v) is 8.79. The van der Waals surface area contributed by atoms with Crippen LogP contribution in [0.5, 0.6) is 0 Å². The Bertz CT molecular complexity index is 1890. The van der Waals surface area contributed by atoms with Crippen molar-refractivity contribution in [3.8, 4) is 0 Å². The minimum atomic E-state index is -0.830. The molecule has 0 aromatic carbocycles. The molecular weight excluding hydrogens is 1020 g/mol. The summed E-state index contributed by atoms with van der Waals surface area (Å²) in [6, 6.07) is 0. The monoisotopic (exact) mass is 1140 g/mol. The van der Waals surface area contributed by atoms with Gasteiger partial charge in [0.25, 0.3) is 0 Å². The van der Waals surface area contributed by atoms with Crippen LogP contribution in [0.25, 0.3) is 0 Å². The third-order valence-corrected chi connectivity index (χ3v) is 13.7. The number of esters is 3. The Kier molecular flexibility index (Phi) is 64.9. The van der Waals surface area contributed by atoms with Crippen molar-refractivity contribution in [2.45, 2.75) is 284 Å². The van der Waals surface area contributed by atoms with Crippen LogP contribution in [0.15, 0.2) is 170 Å². The SMILES string of the molecule is CC/C=C\C/C=C\C/C=C\C/C=C\C/C=C\C/C=C\C/C=C\CCCC(=O)OC(COC(=O)CCCCC/C=C\C/C=C\C/C=C\CC)COC(=O)CCCCCCCCCCCCCCCCCC/C=C\C/C=C\C/C=C\C/C=C\CC.